The van der Waals surface area contributed by atoms with Crippen molar-refractivity contribution in [3.8, 4) is 0 Å². The van der Waals surface area contributed by atoms with E-state index in [9.17, 15) is 14.4 Å². The topological polar surface area (TPSA) is 296 Å². The zero-order valence-corrected chi connectivity index (χ0v) is 21.5. The van der Waals surface area contributed by atoms with Crippen molar-refractivity contribution < 1.29 is 162 Å². The summed E-state index contributed by atoms with van der Waals surface area (Å²) >= 11 is 0. The third kappa shape index (κ3) is 50.0. The number of hydrogen-bond acceptors (Lipinski definition) is 9. The molecule has 0 radical (unpaired) electrons. The summed E-state index contributed by atoms with van der Waals surface area (Å²) in [6, 6.07) is 0. The van der Waals surface area contributed by atoms with E-state index in [-0.39, 0.29) is 88.7 Å². The van der Waals surface area contributed by atoms with Gasteiger partial charge in [-0.25, -0.2) is 9.36 Å². The Hall–Kier alpha value is 1.59. The van der Waals surface area contributed by atoms with Crippen LogP contribution in [0.3, 0.4) is 0 Å². The van der Waals surface area contributed by atoms with Gasteiger partial charge in [-0.2, -0.15) is 7.82 Å². The molecule has 0 saturated heterocycles. The Morgan fingerprint density at radius 2 is 0.923 bits per heavy atom. The van der Waals surface area contributed by atoms with E-state index in [1.807, 2.05) is 0 Å². The van der Waals surface area contributed by atoms with E-state index in [1.165, 1.54) is 0 Å². The van der Waals surface area contributed by atoms with Gasteiger partial charge in [0, 0.05) is 0 Å². The van der Waals surface area contributed by atoms with Crippen molar-refractivity contribution in [3.05, 3.63) is 0 Å². The SMILES string of the molecule is O=C(O)CC(O)(CC(=O)O)C(=O)O.O=P(O)(O)O.O=P([O-])([O-])[O-].[Na+].[Na+].[Na+]. The van der Waals surface area contributed by atoms with Crippen LogP contribution >= 0.6 is 15.6 Å². The number of hydrogen-bond donors (Lipinski definition) is 7. The fourth-order valence-corrected chi connectivity index (χ4v) is 0.714. The zero-order chi connectivity index (χ0) is 19.6. The van der Waals surface area contributed by atoms with E-state index in [0.717, 1.165) is 0 Å². The maximum Gasteiger partial charge on any atom is 1.00 e. The van der Waals surface area contributed by atoms with E-state index in [2.05, 4.69) is 0 Å². The molecule has 0 spiro atoms. The Labute approximate surface area is 211 Å². The normalized spacial score (nSPS) is 9.96. The minimum Gasteiger partial charge on any atom is -0.822 e. The minimum atomic E-state index is -5.39. The van der Waals surface area contributed by atoms with Crippen molar-refractivity contribution >= 4 is 33.6 Å². The average molecular weight is 454 g/mol. The van der Waals surface area contributed by atoms with Crippen molar-refractivity contribution in [2.45, 2.75) is 18.4 Å². The van der Waals surface area contributed by atoms with E-state index >= 15 is 0 Å². The first kappa shape index (κ1) is 41.8. The number of carboxylic acid groups (broad SMARTS) is 3. The van der Waals surface area contributed by atoms with Gasteiger partial charge in [0.1, 0.15) is 0 Å². The monoisotopic (exact) mass is 454 g/mol. The predicted octanol–water partition coefficient (Wildman–Crippen LogP) is -14.0. The molecule has 26 heavy (non-hydrogen) atoms. The molecule has 0 aliphatic carbocycles. The molecule has 138 valence electrons. The predicted molar refractivity (Wildman–Crippen MR) is 59.0 cm³/mol. The second-order valence-electron chi connectivity index (χ2n) is 3.44. The van der Waals surface area contributed by atoms with Gasteiger partial charge in [-0.15, -0.1) is 0 Å². The molecule has 0 rings (SSSR count). The van der Waals surface area contributed by atoms with Crippen LogP contribution in [-0.4, -0.2) is 58.6 Å². The van der Waals surface area contributed by atoms with Gasteiger partial charge in [0.2, 0.25) is 0 Å². The molecule has 0 fully saturated rings. The van der Waals surface area contributed by atoms with Gasteiger partial charge in [-0.05, 0) is 0 Å². The molecule has 0 saturated carbocycles. The quantitative estimate of drug-likeness (QED) is 0.150. The largest absolute Gasteiger partial charge is 1.00 e. The summed E-state index contributed by atoms with van der Waals surface area (Å²) in [5, 5.41) is 33.8. The molecule has 0 unspecified atom stereocenters. The smallest absolute Gasteiger partial charge is 0.822 e. The van der Waals surface area contributed by atoms with Crippen molar-refractivity contribution in [2.75, 3.05) is 0 Å². The van der Waals surface area contributed by atoms with Crippen molar-refractivity contribution in [3.63, 3.8) is 0 Å². The number of carboxylic acids is 3. The molecule has 0 aromatic rings. The molecule has 15 nitrogen and oxygen atoms in total. The Bertz CT molecular complexity index is 459. The third-order valence-corrected chi connectivity index (χ3v) is 1.29. The Morgan fingerprint density at radius 1 is 0.769 bits per heavy atom. The van der Waals surface area contributed by atoms with Gasteiger partial charge >= 0.3 is 114 Å². The molecule has 0 bridgehead atoms. The number of rotatable bonds is 5. The second-order valence-corrected chi connectivity index (χ2v) is 5.36. The molecule has 0 aliphatic heterocycles. The summed E-state index contributed by atoms with van der Waals surface area (Å²) in [5.74, 6) is -5.02. The van der Waals surface area contributed by atoms with Crippen molar-refractivity contribution in [1.82, 2.24) is 0 Å². The number of aliphatic carboxylic acids is 3. The van der Waals surface area contributed by atoms with Crippen LogP contribution < -0.4 is 103 Å². The Kier molecular flexibility index (Phi) is 30.0. The molecular weight excluding hydrogens is 443 g/mol. The summed E-state index contributed by atoms with van der Waals surface area (Å²) in [7, 11) is -10.0. The molecule has 0 amide bonds. The maximum absolute atomic E-state index is 10.3. The van der Waals surface area contributed by atoms with Crippen LogP contribution in [0, 0.1) is 0 Å². The van der Waals surface area contributed by atoms with Crippen LogP contribution in [0.1, 0.15) is 12.8 Å². The molecule has 7 N–H and O–H groups in total. The molecule has 0 aliphatic rings. The maximum atomic E-state index is 10.3. The molecule has 0 aromatic carbocycles. The van der Waals surface area contributed by atoms with E-state index < -0.39 is 52.0 Å². The van der Waals surface area contributed by atoms with Crippen molar-refractivity contribution in [2.24, 2.45) is 0 Å². The average Bonchev–Trinajstić information content (AvgIpc) is 2.07. The second kappa shape index (κ2) is 18.6. The van der Waals surface area contributed by atoms with Gasteiger partial charge in [0.05, 0.1) is 12.8 Å². The van der Waals surface area contributed by atoms with E-state index in [1.54, 1.807) is 0 Å². The zero-order valence-electron chi connectivity index (χ0n) is 13.7. The van der Waals surface area contributed by atoms with Crippen LogP contribution in [0.4, 0.5) is 0 Å². The van der Waals surface area contributed by atoms with Gasteiger partial charge in [0.25, 0.3) is 0 Å². The van der Waals surface area contributed by atoms with Crippen molar-refractivity contribution in [1.29, 1.82) is 0 Å². The van der Waals surface area contributed by atoms with Gasteiger partial charge in [-0.3, -0.25) is 9.59 Å². The van der Waals surface area contributed by atoms with Crippen LogP contribution in [0.2, 0.25) is 0 Å². The standard InChI is InChI=1S/C6H8O7.3Na.2H3O4P/c7-3(8)1-6(13,5(11)12)2-4(9)10;;;;2*1-5(2,3)4/h13H,1-2H2,(H,7,8)(H,9,10)(H,11,12);;;;2*(H3,1,2,3,4)/q;3*+1;;/p-3. The first-order valence-corrected chi connectivity index (χ1v) is 7.71. The summed E-state index contributed by atoms with van der Waals surface area (Å²) in [4.78, 5) is 77.7. The summed E-state index contributed by atoms with van der Waals surface area (Å²) < 4.78 is 17.4. The van der Waals surface area contributed by atoms with Crippen LogP contribution in [0.15, 0.2) is 0 Å². The van der Waals surface area contributed by atoms with Crippen LogP contribution in [0.25, 0.3) is 0 Å². The Morgan fingerprint density at radius 3 is 1.00 bits per heavy atom. The van der Waals surface area contributed by atoms with Gasteiger partial charge < -0.3 is 54.4 Å². The first-order valence-electron chi connectivity index (χ1n) is 4.68. The van der Waals surface area contributed by atoms with E-state index in [0.29, 0.717) is 0 Å². The molecule has 20 heteroatoms. The third-order valence-electron chi connectivity index (χ3n) is 1.29. The number of aliphatic hydroxyl groups is 1. The van der Waals surface area contributed by atoms with Gasteiger partial charge in [0.15, 0.2) is 5.60 Å². The molecule has 0 atom stereocenters. The number of phosphoric acid groups is 2. The van der Waals surface area contributed by atoms with Crippen LogP contribution in [0.5, 0.6) is 0 Å². The Balaban J connectivity index is -0.0000000652. The first-order chi connectivity index (χ1) is 9.78. The van der Waals surface area contributed by atoms with Crippen LogP contribution in [-0.2, 0) is 23.5 Å². The van der Waals surface area contributed by atoms with E-state index in [4.69, 9.17) is 58.9 Å². The minimum absolute atomic E-state index is 0. The summed E-state index contributed by atoms with van der Waals surface area (Å²) in [6.07, 6.45) is -2.29. The summed E-state index contributed by atoms with van der Waals surface area (Å²) in [6.45, 7) is 0. The molecule has 0 aromatic heterocycles. The fraction of sp³-hybridized carbons (Fsp3) is 0.500. The molecule has 0 heterocycles. The number of carbonyl (C=O) groups is 3. The molecular formula is C6H11Na3O15P2. The van der Waals surface area contributed by atoms with Gasteiger partial charge in [-0.1, -0.05) is 0 Å². The summed E-state index contributed by atoms with van der Waals surface area (Å²) in [5.41, 5.74) is -2.74. The fourth-order valence-electron chi connectivity index (χ4n) is 0.714.